The van der Waals surface area contributed by atoms with E-state index in [2.05, 4.69) is 4.74 Å². The number of hydrogen-bond acceptors (Lipinski definition) is 3. The van der Waals surface area contributed by atoms with Gasteiger partial charge in [0, 0.05) is 24.6 Å². The molecule has 1 aliphatic carbocycles. The maximum Gasteiger partial charge on any atom is 0.573 e. The second-order valence-corrected chi connectivity index (χ2v) is 6.35. The SMILES string of the molecule is O=CN1CC2(CCC(Oc3cccc(OC(F)(F)F)c3)CC2)C1. The van der Waals surface area contributed by atoms with E-state index in [4.69, 9.17) is 4.74 Å². The maximum absolute atomic E-state index is 12.2. The van der Waals surface area contributed by atoms with Gasteiger partial charge in [-0.2, -0.15) is 0 Å². The Kier molecular flexibility index (Phi) is 4.12. The molecule has 0 N–H and O–H groups in total. The van der Waals surface area contributed by atoms with E-state index in [1.165, 1.54) is 18.2 Å². The number of likely N-dealkylation sites (tertiary alicyclic amines) is 1. The zero-order chi connectivity index (χ0) is 16.5. The fourth-order valence-corrected chi connectivity index (χ4v) is 3.46. The van der Waals surface area contributed by atoms with Crippen molar-refractivity contribution in [1.29, 1.82) is 0 Å². The molecule has 0 aromatic heterocycles. The van der Waals surface area contributed by atoms with Crippen molar-refractivity contribution in [2.45, 2.75) is 38.1 Å². The second-order valence-electron chi connectivity index (χ2n) is 6.35. The molecule has 0 unspecified atom stereocenters. The number of halogens is 3. The summed E-state index contributed by atoms with van der Waals surface area (Å²) < 4.78 is 46.4. The molecule has 1 amide bonds. The molecule has 3 rings (SSSR count). The quantitative estimate of drug-likeness (QED) is 0.795. The first-order valence-electron chi connectivity index (χ1n) is 7.59. The molecule has 0 radical (unpaired) electrons. The summed E-state index contributed by atoms with van der Waals surface area (Å²) in [6, 6.07) is 5.62. The molecule has 23 heavy (non-hydrogen) atoms. The molecule has 0 bridgehead atoms. The fraction of sp³-hybridized carbons (Fsp3) is 0.562. The minimum Gasteiger partial charge on any atom is -0.490 e. The van der Waals surface area contributed by atoms with Crippen LogP contribution in [0.25, 0.3) is 0 Å². The summed E-state index contributed by atoms with van der Waals surface area (Å²) in [6.45, 7) is 1.61. The Morgan fingerprint density at radius 1 is 1.17 bits per heavy atom. The first kappa shape index (κ1) is 16.0. The van der Waals surface area contributed by atoms with Crippen molar-refractivity contribution >= 4 is 6.41 Å². The highest BCUT2D eigenvalue weighted by Crippen LogP contribution is 2.44. The molecule has 1 aromatic rings. The summed E-state index contributed by atoms with van der Waals surface area (Å²) in [7, 11) is 0. The molecule has 4 nitrogen and oxygen atoms in total. The lowest BCUT2D eigenvalue weighted by atomic mass is 9.68. The van der Waals surface area contributed by atoms with Crippen molar-refractivity contribution in [3.05, 3.63) is 24.3 Å². The molecule has 126 valence electrons. The standard InChI is InChI=1S/C16H18F3NO3/c17-16(18,19)23-14-3-1-2-13(8-14)22-12-4-6-15(7-5-12)9-20(10-15)11-21/h1-3,8,11-12H,4-7,9-10H2. The average Bonchev–Trinajstić information content (AvgIpc) is 2.44. The Bertz CT molecular complexity index is 560. The van der Waals surface area contributed by atoms with Crippen molar-refractivity contribution in [2.24, 2.45) is 5.41 Å². The van der Waals surface area contributed by atoms with Crippen LogP contribution in [0.5, 0.6) is 11.5 Å². The number of alkyl halides is 3. The van der Waals surface area contributed by atoms with E-state index in [9.17, 15) is 18.0 Å². The molecule has 1 aromatic carbocycles. The largest absolute Gasteiger partial charge is 0.573 e. The van der Waals surface area contributed by atoms with Gasteiger partial charge in [-0.05, 0) is 37.8 Å². The lowest BCUT2D eigenvalue weighted by molar-refractivity contribution is -0.274. The van der Waals surface area contributed by atoms with Crippen molar-refractivity contribution < 1.29 is 27.4 Å². The third-order valence-corrected chi connectivity index (χ3v) is 4.56. The van der Waals surface area contributed by atoms with Gasteiger partial charge in [0.1, 0.15) is 11.5 Å². The number of carbonyl (C=O) groups excluding carboxylic acids is 1. The highest BCUT2D eigenvalue weighted by molar-refractivity contribution is 5.49. The molecule has 2 aliphatic rings. The van der Waals surface area contributed by atoms with Crippen LogP contribution in [0.15, 0.2) is 24.3 Å². The van der Waals surface area contributed by atoms with Crippen LogP contribution in [0.1, 0.15) is 25.7 Å². The molecule has 1 saturated heterocycles. The van der Waals surface area contributed by atoms with Gasteiger partial charge in [-0.1, -0.05) is 6.07 Å². The Hall–Kier alpha value is -1.92. The Morgan fingerprint density at radius 2 is 1.83 bits per heavy atom. The van der Waals surface area contributed by atoms with Crippen LogP contribution in [0.4, 0.5) is 13.2 Å². The van der Waals surface area contributed by atoms with Gasteiger partial charge < -0.3 is 14.4 Å². The topological polar surface area (TPSA) is 38.8 Å². The number of ether oxygens (including phenoxy) is 2. The summed E-state index contributed by atoms with van der Waals surface area (Å²) in [4.78, 5) is 12.4. The Labute approximate surface area is 132 Å². The summed E-state index contributed by atoms with van der Waals surface area (Å²) in [5.74, 6) is 0.110. The molecular formula is C16H18F3NO3. The number of hydrogen-bond donors (Lipinski definition) is 0. The van der Waals surface area contributed by atoms with Crippen LogP contribution in [0.2, 0.25) is 0 Å². The van der Waals surface area contributed by atoms with Gasteiger partial charge in [0.15, 0.2) is 0 Å². The first-order valence-corrected chi connectivity index (χ1v) is 7.59. The summed E-state index contributed by atoms with van der Waals surface area (Å²) in [5, 5.41) is 0. The zero-order valence-electron chi connectivity index (χ0n) is 12.5. The number of rotatable bonds is 4. The van der Waals surface area contributed by atoms with Crippen molar-refractivity contribution in [1.82, 2.24) is 4.90 Å². The van der Waals surface area contributed by atoms with Gasteiger partial charge in [0.05, 0.1) is 6.10 Å². The third kappa shape index (κ3) is 3.89. The number of nitrogens with zero attached hydrogens (tertiary/aromatic N) is 1. The van der Waals surface area contributed by atoms with Crippen molar-refractivity contribution in [3.8, 4) is 11.5 Å². The van der Waals surface area contributed by atoms with Gasteiger partial charge in [-0.25, -0.2) is 0 Å². The van der Waals surface area contributed by atoms with E-state index in [-0.39, 0.29) is 17.3 Å². The van der Waals surface area contributed by atoms with E-state index in [1.54, 1.807) is 11.0 Å². The normalized spacial score (nSPS) is 20.9. The molecular weight excluding hydrogens is 311 g/mol. The van der Waals surface area contributed by atoms with Gasteiger partial charge in [0.2, 0.25) is 6.41 Å². The van der Waals surface area contributed by atoms with Crippen LogP contribution in [-0.2, 0) is 4.79 Å². The fourth-order valence-electron chi connectivity index (χ4n) is 3.46. The molecule has 1 heterocycles. The smallest absolute Gasteiger partial charge is 0.490 e. The predicted octanol–water partition coefficient (Wildman–Crippen LogP) is 3.37. The van der Waals surface area contributed by atoms with Gasteiger partial charge in [-0.3, -0.25) is 4.79 Å². The lowest BCUT2D eigenvalue weighted by Crippen LogP contribution is -2.57. The number of carbonyl (C=O) groups is 1. The highest BCUT2D eigenvalue weighted by Gasteiger charge is 2.45. The predicted molar refractivity (Wildman–Crippen MR) is 76.1 cm³/mol. The summed E-state index contributed by atoms with van der Waals surface area (Å²) >= 11 is 0. The van der Waals surface area contributed by atoms with Gasteiger partial charge in [0.25, 0.3) is 0 Å². The molecule has 2 fully saturated rings. The van der Waals surface area contributed by atoms with Crippen LogP contribution < -0.4 is 9.47 Å². The van der Waals surface area contributed by atoms with E-state index in [1.807, 2.05) is 0 Å². The van der Waals surface area contributed by atoms with Crippen molar-refractivity contribution in [2.75, 3.05) is 13.1 Å². The zero-order valence-corrected chi connectivity index (χ0v) is 12.5. The van der Waals surface area contributed by atoms with Crippen LogP contribution in [-0.4, -0.2) is 36.9 Å². The summed E-state index contributed by atoms with van der Waals surface area (Å²) in [5.41, 5.74) is 0.224. The van der Waals surface area contributed by atoms with Gasteiger partial charge >= 0.3 is 6.36 Å². The highest BCUT2D eigenvalue weighted by atomic mass is 19.4. The minimum absolute atomic E-state index is 0.00737. The van der Waals surface area contributed by atoms with Crippen LogP contribution >= 0.6 is 0 Å². The van der Waals surface area contributed by atoms with Crippen LogP contribution in [0, 0.1) is 5.41 Å². The third-order valence-electron chi connectivity index (χ3n) is 4.56. The minimum atomic E-state index is -4.70. The van der Waals surface area contributed by atoms with E-state index >= 15 is 0 Å². The Morgan fingerprint density at radius 3 is 2.43 bits per heavy atom. The molecule has 1 aliphatic heterocycles. The van der Waals surface area contributed by atoms with Crippen molar-refractivity contribution in [3.63, 3.8) is 0 Å². The Balaban J connectivity index is 1.53. The van der Waals surface area contributed by atoms with E-state index in [0.29, 0.717) is 5.75 Å². The van der Waals surface area contributed by atoms with E-state index in [0.717, 1.165) is 45.2 Å². The molecule has 1 saturated carbocycles. The van der Waals surface area contributed by atoms with E-state index < -0.39 is 6.36 Å². The molecule has 1 spiro atoms. The first-order chi connectivity index (χ1) is 10.9. The molecule has 7 heteroatoms. The number of benzene rings is 1. The van der Waals surface area contributed by atoms with Crippen LogP contribution in [0.3, 0.4) is 0 Å². The molecule has 0 atom stereocenters. The van der Waals surface area contributed by atoms with Gasteiger partial charge in [-0.15, -0.1) is 13.2 Å². The summed E-state index contributed by atoms with van der Waals surface area (Å²) in [6.07, 6.45) is -0.202. The second kappa shape index (κ2) is 5.94. The monoisotopic (exact) mass is 329 g/mol. The average molecular weight is 329 g/mol. The number of amides is 1. The lowest BCUT2D eigenvalue weighted by Gasteiger charge is -2.52. The maximum atomic E-state index is 12.2.